The normalized spacial score (nSPS) is 10.4. The third-order valence-electron chi connectivity index (χ3n) is 2.80. The Morgan fingerprint density at radius 3 is 2.50 bits per heavy atom. The number of hydrogen-bond acceptors (Lipinski definition) is 2. The second kappa shape index (κ2) is 6.16. The zero-order valence-corrected chi connectivity index (χ0v) is 9.86. The van der Waals surface area contributed by atoms with Crippen molar-refractivity contribution >= 4 is 5.91 Å². The Morgan fingerprint density at radius 2 is 1.94 bits per heavy atom. The van der Waals surface area contributed by atoms with E-state index in [1.165, 1.54) is 0 Å². The van der Waals surface area contributed by atoms with Gasteiger partial charge in [0.1, 0.15) is 5.75 Å². The largest absolute Gasteiger partial charge is 0.508 e. The number of para-hydroxylation sites is 1. The zero-order chi connectivity index (χ0) is 12.0. The molecule has 0 aliphatic heterocycles. The SMILES string of the molecule is CCC(CC)C(=O)NCc1ccccc1O. The molecule has 0 aromatic heterocycles. The highest BCUT2D eigenvalue weighted by Gasteiger charge is 2.13. The van der Waals surface area contributed by atoms with Crippen LogP contribution in [0.2, 0.25) is 0 Å². The average molecular weight is 221 g/mol. The number of hydrogen-bond donors (Lipinski definition) is 2. The Balaban J connectivity index is 2.52. The lowest BCUT2D eigenvalue weighted by Crippen LogP contribution is -2.29. The summed E-state index contributed by atoms with van der Waals surface area (Å²) in [4.78, 5) is 11.7. The van der Waals surface area contributed by atoms with E-state index in [4.69, 9.17) is 0 Å². The summed E-state index contributed by atoms with van der Waals surface area (Å²) in [5, 5.41) is 12.4. The molecule has 0 spiro atoms. The van der Waals surface area contributed by atoms with Crippen LogP contribution >= 0.6 is 0 Å². The molecule has 0 aliphatic carbocycles. The zero-order valence-electron chi connectivity index (χ0n) is 9.86. The maximum absolute atomic E-state index is 11.7. The third-order valence-corrected chi connectivity index (χ3v) is 2.80. The minimum Gasteiger partial charge on any atom is -0.508 e. The molecule has 2 N–H and O–H groups in total. The second-order valence-corrected chi connectivity index (χ2v) is 3.86. The molecule has 0 fully saturated rings. The Hall–Kier alpha value is -1.51. The number of carbonyl (C=O) groups is 1. The molecular formula is C13H19NO2. The lowest BCUT2D eigenvalue weighted by atomic mass is 10.0. The molecule has 1 rings (SSSR count). The van der Waals surface area contributed by atoms with Crippen molar-refractivity contribution in [2.24, 2.45) is 5.92 Å². The minimum atomic E-state index is 0.0632. The van der Waals surface area contributed by atoms with Gasteiger partial charge in [0, 0.05) is 18.0 Å². The quantitative estimate of drug-likeness (QED) is 0.802. The van der Waals surface area contributed by atoms with E-state index in [1.54, 1.807) is 12.1 Å². The molecule has 16 heavy (non-hydrogen) atoms. The summed E-state index contributed by atoms with van der Waals surface area (Å²) in [7, 11) is 0. The van der Waals surface area contributed by atoms with Gasteiger partial charge in [-0.05, 0) is 18.9 Å². The highest BCUT2D eigenvalue weighted by Crippen LogP contribution is 2.15. The molecule has 0 saturated carbocycles. The van der Waals surface area contributed by atoms with E-state index in [2.05, 4.69) is 5.32 Å². The molecule has 0 aliphatic rings. The second-order valence-electron chi connectivity index (χ2n) is 3.86. The number of nitrogens with one attached hydrogen (secondary N) is 1. The number of amides is 1. The highest BCUT2D eigenvalue weighted by molar-refractivity contribution is 5.78. The molecule has 0 bridgehead atoms. The summed E-state index contributed by atoms with van der Waals surface area (Å²) in [5.74, 6) is 0.367. The lowest BCUT2D eigenvalue weighted by Gasteiger charge is -2.13. The standard InChI is InChI=1S/C13H19NO2/c1-3-10(4-2)13(16)14-9-11-7-5-6-8-12(11)15/h5-8,10,15H,3-4,9H2,1-2H3,(H,14,16). The van der Waals surface area contributed by atoms with Crippen molar-refractivity contribution in [3.8, 4) is 5.75 Å². The van der Waals surface area contributed by atoms with Crippen LogP contribution < -0.4 is 5.32 Å². The molecule has 1 amide bonds. The summed E-state index contributed by atoms with van der Waals surface area (Å²) in [6.45, 7) is 4.41. The summed E-state index contributed by atoms with van der Waals surface area (Å²) >= 11 is 0. The van der Waals surface area contributed by atoms with Crippen LogP contribution in [0.5, 0.6) is 5.75 Å². The first kappa shape index (κ1) is 12.6. The van der Waals surface area contributed by atoms with Crippen molar-refractivity contribution in [3.63, 3.8) is 0 Å². The van der Waals surface area contributed by atoms with Crippen molar-refractivity contribution in [3.05, 3.63) is 29.8 Å². The van der Waals surface area contributed by atoms with Gasteiger partial charge in [0.25, 0.3) is 0 Å². The van der Waals surface area contributed by atoms with Crippen molar-refractivity contribution in [1.29, 1.82) is 0 Å². The number of benzene rings is 1. The molecule has 3 heteroatoms. The monoisotopic (exact) mass is 221 g/mol. The Morgan fingerprint density at radius 1 is 1.31 bits per heavy atom. The van der Waals surface area contributed by atoms with Crippen LogP contribution in [0.15, 0.2) is 24.3 Å². The molecule has 0 heterocycles. The predicted molar refractivity (Wildman–Crippen MR) is 64.0 cm³/mol. The van der Waals surface area contributed by atoms with Crippen LogP contribution in [0.4, 0.5) is 0 Å². The smallest absolute Gasteiger partial charge is 0.223 e. The van der Waals surface area contributed by atoms with Crippen LogP contribution in [0.25, 0.3) is 0 Å². The van der Waals surface area contributed by atoms with Gasteiger partial charge in [0.2, 0.25) is 5.91 Å². The van der Waals surface area contributed by atoms with E-state index in [1.807, 2.05) is 26.0 Å². The average Bonchev–Trinajstić information content (AvgIpc) is 2.29. The Bertz CT molecular complexity index is 346. The summed E-state index contributed by atoms with van der Waals surface area (Å²) in [6.07, 6.45) is 1.70. The molecule has 0 unspecified atom stereocenters. The van der Waals surface area contributed by atoms with Gasteiger partial charge in [-0.3, -0.25) is 4.79 Å². The Kier molecular flexibility index (Phi) is 4.83. The van der Waals surface area contributed by atoms with Crippen LogP contribution in [0, 0.1) is 5.92 Å². The van der Waals surface area contributed by atoms with Crippen LogP contribution in [-0.2, 0) is 11.3 Å². The first-order valence-electron chi connectivity index (χ1n) is 5.73. The molecule has 0 atom stereocenters. The minimum absolute atomic E-state index is 0.0632. The molecule has 1 aromatic rings. The topological polar surface area (TPSA) is 49.3 Å². The van der Waals surface area contributed by atoms with Crippen molar-refractivity contribution < 1.29 is 9.90 Å². The highest BCUT2D eigenvalue weighted by atomic mass is 16.3. The van der Waals surface area contributed by atoms with E-state index < -0.39 is 0 Å². The number of phenolic OH excluding ortho intramolecular Hbond substituents is 1. The van der Waals surface area contributed by atoms with E-state index in [0.29, 0.717) is 6.54 Å². The van der Waals surface area contributed by atoms with Gasteiger partial charge in [-0.1, -0.05) is 32.0 Å². The molecule has 0 saturated heterocycles. The van der Waals surface area contributed by atoms with E-state index >= 15 is 0 Å². The van der Waals surface area contributed by atoms with E-state index in [-0.39, 0.29) is 17.6 Å². The third kappa shape index (κ3) is 3.26. The first-order chi connectivity index (χ1) is 7.69. The molecule has 0 radical (unpaired) electrons. The maximum Gasteiger partial charge on any atom is 0.223 e. The van der Waals surface area contributed by atoms with Crippen LogP contribution in [-0.4, -0.2) is 11.0 Å². The summed E-state index contributed by atoms with van der Waals surface area (Å²) < 4.78 is 0. The number of aromatic hydroxyl groups is 1. The van der Waals surface area contributed by atoms with Gasteiger partial charge in [-0.2, -0.15) is 0 Å². The van der Waals surface area contributed by atoms with E-state index in [9.17, 15) is 9.90 Å². The first-order valence-corrected chi connectivity index (χ1v) is 5.73. The summed E-state index contributed by atoms with van der Waals surface area (Å²) in [5.41, 5.74) is 0.752. The number of carbonyl (C=O) groups excluding carboxylic acids is 1. The number of rotatable bonds is 5. The predicted octanol–water partition coefficient (Wildman–Crippen LogP) is 2.44. The van der Waals surface area contributed by atoms with Crippen LogP contribution in [0.3, 0.4) is 0 Å². The van der Waals surface area contributed by atoms with Crippen molar-refractivity contribution in [1.82, 2.24) is 5.32 Å². The van der Waals surface area contributed by atoms with Gasteiger partial charge < -0.3 is 10.4 Å². The fourth-order valence-corrected chi connectivity index (χ4v) is 1.65. The molecular weight excluding hydrogens is 202 g/mol. The van der Waals surface area contributed by atoms with Crippen molar-refractivity contribution in [2.45, 2.75) is 33.2 Å². The fourth-order valence-electron chi connectivity index (χ4n) is 1.65. The number of phenols is 1. The summed E-state index contributed by atoms with van der Waals surface area (Å²) in [6, 6.07) is 7.04. The van der Waals surface area contributed by atoms with Gasteiger partial charge in [0.15, 0.2) is 0 Å². The van der Waals surface area contributed by atoms with Gasteiger partial charge >= 0.3 is 0 Å². The lowest BCUT2D eigenvalue weighted by molar-refractivity contribution is -0.125. The molecule has 88 valence electrons. The van der Waals surface area contributed by atoms with Gasteiger partial charge in [-0.25, -0.2) is 0 Å². The fraction of sp³-hybridized carbons (Fsp3) is 0.462. The van der Waals surface area contributed by atoms with Crippen LogP contribution in [0.1, 0.15) is 32.3 Å². The van der Waals surface area contributed by atoms with Gasteiger partial charge in [0.05, 0.1) is 0 Å². The molecule has 3 nitrogen and oxygen atoms in total. The van der Waals surface area contributed by atoms with Crippen molar-refractivity contribution in [2.75, 3.05) is 0 Å². The van der Waals surface area contributed by atoms with E-state index in [0.717, 1.165) is 18.4 Å². The molecule has 1 aromatic carbocycles. The van der Waals surface area contributed by atoms with Gasteiger partial charge in [-0.15, -0.1) is 0 Å². The Labute approximate surface area is 96.5 Å². The maximum atomic E-state index is 11.7.